The number of alkyl carbamates (subject to hydrolysis) is 1. The highest BCUT2D eigenvalue weighted by Gasteiger charge is 2.50. The maximum absolute atomic E-state index is 14.3. The first-order valence-corrected chi connectivity index (χ1v) is 22.8. The Balaban J connectivity index is 0.885. The molecule has 0 bridgehead atoms. The second kappa shape index (κ2) is 16.6. The van der Waals surface area contributed by atoms with Crippen LogP contribution >= 0.6 is 0 Å². The molecule has 12 heteroatoms. The van der Waals surface area contributed by atoms with Gasteiger partial charge in [-0.1, -0.05) is 93.1 Å². The van der Waals surface area contributed by atoms with Crippen LogP contribution in [0.2, 0.25) is 0 Å². The van der Waals surface area contributed by atoms with Gasteiger partial charge in [-0.3, -0.25) is 9.59 Å². The summed E-state index contributed by atoms with van der Waals surface area (Å²) in [5.74, 6) is 1.71. The number of aromatic nitrogens is 4. The van der Waals surface area contributed by atoms with Crippen molar-refractivity contribution in [2.24, 2.45) is 17.3 Å². The number of aromatic amines is 2. The summed E-state index contributed by atoms with van der Waals surface area (Å²) in [7, 11) is 1.32. The van der Waals surface area contributed by atoms with Crippen LogP contribution in [0.5, 0.6) is 0 Å². The summed E-state index contributed by atoms with van der Waals surface area (Å²) in [6.45, 7) is 8.03. The highest BCUT2D eigenvalue weighted by atomic mass is 16.5. The van der Waals surface area contributed by atoms with E-state index < -0.39 is 12.1 Å². The predicted octanol–water partition coefficient (Wildman–Crippen LogP) is 9.47. The average molecular weight is 848 g/mol. The van der Waals surface area contributed by atoms with Crippen LogP contribution in [0, 0.1) is 17.3 Å². The van der Waals surface area contributed by atoms with Crippen molar-refractivity contribution in [3.8, 4) is 22.4 Å². The average Bonchev–Trinajstić information content (AvgIpc) is 4.16. The maximum Gasteiger partial charge on any atom is 0.407 e. The molecule has 5 heterocycles. The van der Waals surface area contributed by atoms with Crippen LogP contribution in [0.1, 0.15) is 101 Å². The molecule has 1 aliphatic carbocycles. The number of fused-ring (bicyclic) bond motifs is 4. The number of amides is 3. The molecule has 12 nitrogen and oxygen atoms in total. The van der Waals surface area contributed by atoms with Crippen LogP contribution in [0.15, 0.2) is 91.1 Å². The van der Waals surface area contributed by atoms with Crippen molar-refractivity contribution < 1.29 is 23.9 Å². The second-order valence-electron chi connectivity index (χ2n) is 18.9. The Morgan fingerprint density at radius 1 is 0.873 bits per heavy atom. The lowest BCUT2D eigenvalue weighted by Gasteiger charge is -2.33. The van der Waals surface area contributed by atoms with Crippen molar-refractivity contribution in [2.45, 2.75) is 95.8 Å². The molecule has 3 amide bonds. The van der Waals surface area contributed by atoms with Gasteiger partial charge in [0.15, 0.2) is 0 Å². The molecule has 63 heavy (non-hydrogen) atoms. The second-order valence-corrected chi connectivity index (χ2v) is 18.9. The lowest BCUT2D eigenvalue weighted by Crippen LogP contribution is -2.53. The molecule has 4 aliphatic rings. The third kappa shape index (κ3) is 7.55. The van der Waals surface area contributed by atoms with E-state index in [0.717, 1.165) is 113 Å². The number of hydrogen-bond acceptors (Lipinski definition) is 7. The normalized spacial score (nSPS) is 24.3. The highest BCUT2D eigenvalue weighted by Crippen LogP contribution is 2.49. The molecule has 0 unspecified atom stereocenters. The third-order valence-electron chi connectivity index (χ3n) is 14.6. The molecule has 0 radical (unpaired) electrons. The number of hydrogen-bond donors (Lipinski definition) is 3. The van der Waals surface area contributed by atoms with E-state index in [1.165, 1.54) is 7.11 Å². The summed E-state index contributed by atoms with van der Waals surface area (Å²) in [5.41, 5.74) is 6.92. The van der Waals surface area contributed by atoms with Gasteiger partial charge < -0.3 is 34.6 Å². The Labute approximate surface area is 368 Å². The van der Waals surface area contributed by atoms with Gasteiger partial charge in [0.25, 0.3) is 0 Å². The van der Waals surface area contributed by atoms with Crippen LogP contribution in [-0.2, 0) is 19.1 Å². The molecule has 10 rings (SSSR count). The number of methoxy groups -OCH3 is 1. The van der Waals surface area contributed by atoms with Crippen LogP contribution in [-0.4, -0.2) is 86.6 Å². The van der Waals surface area contributed by atoms with Crippen molar-refractivity contribution in [1.29, 1.82) is 0 Å². The molecular formula is C51H57N7O5. The molecule has 326 valence electrons. The van der Waals surface area contributed by atoms with E-state index >= 15 is 0 Å². The van der Waals surface area contributed by atoms with Crippen molar-refractivity contribution in [3.63, 3.8) is 0 Å². The Morgan fingerprint density at radius 3 is 2.43 bits per heavy atom. The summed E-state index contributed by atoms with van der Waals surface area (Å²) in [6, 6.07) is 28.4. The summed E-state index contributed by atoms with van der Waals surface area (Å²) >= 11 is 0. The Kier molecular flexibility index (Phi) is 10.8. The zero-order chi connectivity index (χ0) is 43.4. The number of rotatable bonds is 9. The van der Waals surface area contributed by atoms with Gasteiger partial charge in [0.2, 0.25) is 11.8 Å². The Bertz CT molecular complexity index is 2650. The summed E-state index contributed by atoms with van der Waals surface area (Å²) in [4.78, 5) is 62.1. The first kappa shape index (κ1) is 41.0. The highest BCUT2D eigenvalue weighted by molar-refractivity contribution is 6.05. The molecule has 2 aromatic heterocycles. The summed E-state index contributed by atoms with van der Waals surface area (Å²) in [5, 5.41) is 4.97. The van der Waals surface area contributed by atoms with Crippen LogP contribution in [0.25, 0.3) is 44.2 Å². The number of likely N-dealkylation sites (tertiary alicyclic amines) is 2. The molecule has 3 N–H and O–H groups in total. The minimum atomic E-state index is -0.687. The van der Waals surface area contributed by atoms with Gasteiger partial charge >= 0.3 is 6.09 Å². The number of H-pyrrole nitrogens is 2. The number of carbonyl (C=O) groups is 3. The molecular weight excluding hydrogens is 791 g/mol. The van der Waals surface area contributed by atoms with Crippen molar-refractivity contribution in [1.82, 2.24) is 35.1 Å². The third-order valence-corrected chi connectivity index (χ3v) is 14.6. The van der Waals surface area contributed by atoms with Gasteiger partial charge in [0.1, 0.15) is 17.7 Å². The van der Waals surface area contributed by atoms with E-state index in [-0.39, 0.29) is 47.2 Å². The number of ether oxygens (including phenoxy) is 2. The van der Waals surface area contributed by atoms with Gasteiger partial charge in [-0.2, -0.15) is 0 Å². The van der Waals surface area contributed by atoms with Crippen LogP contribution < -0.4 is 5.32 Å². The van der Waals surface area contributed by atoms with Crippen molar-refractivity contribution in [3.05, 3.63) is 108 Å². The van der Waals surface area contributed by atoms with Gasteiger partial charge in [-0.15, -0.1) is 0 Å². The minimum Gasteiger partial charge on any atom is -0.453 e. The van der Waals surface area contributed by atoms with Gasteiger partial charge in [0, 0.05) is 30.0 Å². The van der Waals surface area contributed by atoms with E-state index in [9.17, 15) is 14.4 Å². The van der Waals surface area contributed by atoms with E-state index in [4.69, 9.17) is 19.4 Å². The number of nitrogens with zero attached hydrogens (tertiary/aromatic N) is 4. The molecule has 3 aliphatic heterocycles. The molecule has 1 spiro atoms. The fourth-order valence-electron chi connectivity index (χ4n) is 11.2. The topological polar surface area (TPSA) is 146 Å². The van der Waals surface area contributed by atoms with E-state index in [0.29, 0.717) is 19.1 Å². The molecule has 7 atom stereocenters. The van der Waals surface area contributed by atoms with E-state index in [1.54, 1.807) is 0 Å². The monoisotopic (exact) mass is 847 g/mol. The van der Waals surface area contributed by atoms with E-state index in [2.05, 4.69) is 74.8 Å². The summed E-state index contributed by atoms with van der Waals surface area (Å²) < 4.78 is 10.9. The Morgan fingerprint density at radius 2 is 1.67 bits per heavy atom. The van der Waals surface area contributed by atoms with E-state index in [1.807, 2.05) is 62.2 Å². The minimum absolute atomic E-state index is 0.0609. The first-order chi connectivity index (χ1) is 30.6. The van der Waals surface area contributed by atoms with Gasteiger partial charge in [-0.25, -0.2) is 14.8 Å². The van der Waals surface area contributed by atoms with Gasteiger partial charge in [0.05, 0.1) is 54.6 Å². The fourth-order valence-corrected chi connectivity index (χ4v) is 11.2. The lowest BCUT2D eigenvalue weighted by atomic mass is 9.80. The standard InChI is InChI=1S/C51H57N7O5/c1-30(2)44(56-50(61)62-4)49(60)58-41-13-8-12-37(41)25-42(58)47-53-39-21-19-36-24-35(18-20-38(36)45(39)55-47)33-14-16-34(17-15-33)40-27-52-46(54-40)43-26-51(22-9-23-63-29-51)28-57(43)48(59)31(3)32-10-6-5-7-11-32/h5-7,10-11,14-21,24,27,30-31,37,41-44H,8-9,12-13,22-23,25-26,28-29H2,1-4H3,(H,52,54)(H,53,55)(H,56,61)/t31-,37+,41+,42+,43+,44+,51+/m1/s1. The first-order valence-electron chi connectivity index (χ1n) is 22.8. The maximum atomic E-state index is 14.3. The fraction of sp³-hybridized carbons (Fsp3) is 0.431. The molecule has 4 fully saturated rings. The predicted molar refractivity (Wildman–Crippen MR) is 243 cm³/mol. The quantitative estimate of drug-likeness (QED) is 0.131. The molecule has 1 saturated carbocycles. The van der Waals surface area contributed by atoms with Crippen LogP contribution in [0.3, 0.4) is 0 Å². The number of benzene rings is 4. The van der Waals surface area contributed by atoms with Crippen molar-refractivity contribution in [2.75, 3.05) is 26.9 Å². The SMILES string of the molecule is COC(=O)N[C@H](C(=O)N1[C@H](c2nc3ccc4cc(-c5ccc(-c6cnc([C@@H]7C[C@@]8(CCCOC8)CN7C(=O)[C@H](C)c7ccccc7)[nH]6)cc5)ccc4c3[nH]2)C[C@@H]2CCC[C@@H]21)C(C)C. The smallest absolute Gasteiger partial charge is 0.407 e. The van der Waals surface area contributed by atoms with Crippen LogP contribution in [0.4, 0.5) is 4.79 Å². The number of nitrogens with one attached hydrogen (secondary N) is 3. The zero-order valence-electron chi connectivity index (χ0n) is 36.6. The number of carbonyl (C=O) groups excluding carboxylic acids is 3. The zero-order valence-corrected chi connectivity index (χ0v) is 36.6. The lowest BCUT2D eigenvalue weighted by molar-refractivity contribution is -0.138. The van der Waals surface area contributed by atoms with Crippen molar-refractivity contribution >= 4 is 39.7 Å². The molecule has 6 aromatic rings. The molecule has 4 aromatic carbocycles. The summed E-state index contributed by atoms with van der Waals surface area (Å²) in [6.07, 6.45) is 8.16. The van der Waals surface area contributed by atoms with Gasteiger partial charge in [-0.05, 0) is 97.1 Å². The largest absolute Gasteiger partial charge is 0.453 e. The molecule has 3 saturated heterocycles. The Hall–Kier alpha value is -6.01. The number of imidazole rings is 2.